The van der Waals surface area contributed by atoms with E-state index in [-0.39, 0.29) is 6.10 Å². The number of furan rings is 1. The predicted octanol–water partition coefficient (Wildman–Crippen LogP) is 1.71. The van der Waals surface area contributed by atoms with Gasteiger partial charge in [-0.15, -0.1) is 0 Å². The second-order valence-corrected chi connectivity index (χ2v) is 3.52. The Hall–Kier alpha value is -0.800. The summed E-state index contributed by atoms with van der Waals surface area (Å²) in [4.78, 5) is 0. The maximum Gasteiger partial charge on any atom is 0.133 e. The number of rotatable bonds is 5. The molecule has 1 aromatic rings. The molecule has 1 aromatic heterocycles. The molecule has 0 radical (unpaired) electrons. The quantitative estimate of drug-likeness (QED) is 0.752. The summed E-state index contributed by atoms with van der Waals surface area (Å²) in [6, 6.07) is 3.77. The Bertz CT molecular complexity index is 241. The van der Waals surface area contributed by atoms with Gasteiger partial charge >= 0.3 is 0 Å². The lowest BCUT2D eigenvalue weighted by atomic mass is 10.3. The molecule has 2 rings (SSSR count). The molecule has 0 bridgehead atoms. The highest BCUT2D eigenvalue weighted by Crippen LogP contribution is 2.30. The van der Waals surface area contributed by atoms with Gasteiger partial charge < -0.3 is 14.9 Å². The van der Waals surface area contributed by atoms with Crippen molar-refractivity contribution in [3.05, 3.63) is 24.2 Å². The highest BCUT2D eigenvalue weighted by molar-refractivity contribution is 5.02. The lowest BCUT2D eigenvalue weighted by Gasteiger charge is -2.12. The zero-order chi connectivity index (χ0) is 9.10. The SMILES string of the molecule is NCC(OCC1CC1)c1ccco1. The lowest BCUT2D eigenvalue weighted by molar-refractivity contribution is 0.0368. The zero-order valence-corrected chi connectivity index (χ0v) is 7.61. The Kier molecular flexibility index (Phi) is 2.66. The molecule has 0 amide bonds. The standard InChI is InChI=1S/C10H15NO2/c11-6-10(9-2-1-5-12-9)13-7-8-3-4-8/h1-2,5,8,10H,3-4,6-7,11H2. The normalized spacial score (nSPS) is 18.8. The van der Waals surface area contributed by atoms with Gasteiger partial charge in [0.2, 0.25) is 0 Å². The van der Waals surface area contributed by atoms with Crippen molar-refractivity contribution >= 4 is 0 Å². The van der Waals surface area contributed by atoms with Crippen LogP contribution in [0.3, 0.4) is 0 Å². The molecule has 0 spiro atoms. The third-order valence-corrected chi connectivity index (χ3v) is 2.30. The molecule has 1 fully saturated rings. The summed E-state index contributed by atoms with van der Waals surface area (Å²) in [6.07, 6.45) is 4.19. The van der Waals surface area contributed by atoms with E-state index < -0.39 is 0 Å². The van der Waals surface area contributed by atoms with E-state index in [0.29, 0.717) is 6.54 Å². The molecule has 1 unspecified atom stereocenters. The third-order valence-electron chi connectivity index (χ3n) is 2.30. The molecule has 1 saturated carbocycles. The first kappa shape index (κ1) is 8.78. The van der Waals surface area contributed by atoms with Crippen LogP contribution in [0.2, 0.25) is 0 Å². The molecule has 72 valence electrons. The number of nitrogens with two attached hydrogens (primary N) is 1. The van der Waals surface area contributed by atoms with Gasteiger partial charge in [-0.2, -0.15) is 0 Å². The van der Waals surface area contributed by atoms with Gasteiger partial charge in [-0.1, -0.05) is 0 Å². The van der Waals surface area contributed by atoms with Crippen molar-refractivity contribution < 1.29 is 9.15 Å². The summed E-state index contributed by atoms with van der Waals surface area (Å²) in [7, 11) is 0. The molecular weight excluding hydrogens is 166 g/mol. The monoisotopic (exact) mass is 181 g/mol. The molecule has 1 heterocycles. The Morgan fingerprint density at radius 2 is 2.46 bits per heavy atom. The van der Waals surface area contributed by atoms with Gasteiger partial charge in [-0.25, -0.2) is 0 Å². The summed E-state index contributed by atoms with van der Waals surface area (Å²) in [6.45, 7) is 1.31. The van der Waals surface area contributed by atoms with E-state index in [4.69, 9.17) is 14.9 Å². The van der Waals surface area contributed by atoms with E-state index in [1.54, 1.807) is 6.26 Å². The molecular formula is C10H15NO2. The molecule has 1 aliphatic rings. The van der Waals surface area contributed by atoms with Gasteiger partial charge in [0.25, 0.3) is 0 Å². The van der Waals surface area contributed by atoms with Crippen LogP contribution in [0, 0.1) is 5.92 Å². The topological polar surface area (TPSA) is 48.4 Å². The maximum atomic E-state index is 5.64. The van der Waals surface area contributed by atoms with E-state index in [9.17, 15) is 0 Å². The van der Waals surface area contributed by atoms with Crippen molar-refractivity contribution in [1.82, 2.24) is 0 Å². The van der Waals surface area contributed by atoms with E-state index in [1.807, 2.05) is 12.1 Å². The third kappa shape index (κ3) is 2.32. The largest absolute Gasteiger partial charge is 0.467 e. The van der Waals surface area contributed by atoms with Crippen molar-refractivity contribution in [1.29, 1.82) is 0 Å². The van der Waals surface area contributed by atoms with Crippen LogP contribution in [-0.4, -0.2) is 13.2 Å². The Balaban J connectivity index is 1.85. The molecule has 0 aliphatic heterocycles. The number of hydrogen-bond acceptors (Lipinski definition) is 3. The van der Waals surface area contributed by atoms with Crippen molar-refractivity contribution in [2.24, 2.45) is 11.7 Å². The summed E-state index contributed by atoms with van der Waals surface area (Å²) in [5, 5.41) is 0. The molecule has 1 atom stereocenters. The van der Waals surface area contributed by atoms with Gasteiger partial charge in [0.1, 0.15) is 11.9 Å². The fourth-order valence-corrected chi connectivity index (χ4v) is 1.28. The Morgan fingerprint density at radius 1 is 1.62 bits per heavy atom. The number of ether oxygens (including phenoxy) is 1. The second kappa shape index (κ2) is 3.94. The van der Waals surface area contributed by atoms with Gasteiger partial charge in [0.15, 0.2) is 0 Å². The first-order chi connectivity index (χ1) is 6.40. The Morgan fingerprint density at radius 3 is 3.00 bits per heavy atom. The fourth-order valence-electron chi connectivity index (χ4n) is 1.28. The van der Waals surface area contributed by atoms with Gasteiger partial charge in [-0.3, -0.25) is 0 Å². The van der Waals surface area contributed by atoms with E-state index in [2.05, 4.69) is 0 Å². The van der Waals surface area contributed by atoms with Crippen molar-refractivity contribution in [2.75, 3.05) is 13.2 Å². The van der Waals surface area contributed by atoms with E-state index >= 15 is 0 Å². The van der Waals surface area contributed by atoms with Gasteiger partial charge in [-0.05, 0) is 30.9 Å². The molecule has 0 aromatic carbocycles. The molecule has 3 heteroatoms. The number of hydrogen-bond donors (Lipinski definition) is 1. The summed E-state index contributed by atoms with van der Waals surface area (Å²) in [5.41, 5.74) is 5.59. The Labute approximate surface area is 77.9 Å². The average molecular weight is 181 g/mol. The summed E-state index contributed by atoms with van der Waals surface area (Å²) < 4.78 is 10.9. The van der Waals surface area contributed by atoms with Crippen LogP contribution in [0.25, 0.3) is 0 Å². The van der Waals surface area contributed by atoms with E-state index in [1.165, 1.54) is 12.8 Å². The van der Waals surface area contributed by atoms with Gasteiger partial charge in [0.05, 0.1) is 12.9 Å². The van der Waals surface area contributed by atoms with Crippen molar-refractivity contribution in [3.8, 4) is 0 Å². The fraction of sp³-hybridized carbons (Fsp3) is 0.600. The van der Waals surface area contributed by atoms with Crippen LogP contribution in [0.1, 0.15) is 24.7 Å². The summed E-state index contributed by atoms with van der Waals surface area (Å²) in [5.74, 6) is 1.60. The predicted molar refractivity (Wildman–Crippen MR) is 49.2 cm³/mol. The van der Waals surface area contributed by atoms with Crippen LogP contribution in [0.15, 0.2) is 22.8 Å². The second-order valence-electron chi connectivity index (χ2n) is 3.52. The van der Waals surface area contributed by atoms with Crippen molar-refractivity contribution in [2.45, 2.75) is 18.9 Å². The molecule has 1 aliphatic carbocycles. The lowest BCUT2D eigenvalue weighted by Crippen LogP contribution is -2.16. The zero-order valence-electron chi connectivity index (χ0n) is 7.61. The highest BCUT2D eigenvalue weighted by Gasteiger charge is 2.23. The molecule has 3 nitrogen and oxygen atoms in total. The highest BCUT2D eigenvalue weighted by atomic mass is 16.5. The van der Waals surface area contributed by atoms with Gasteiger partial charge in [0, 0.05) is 6.54 Å². The maximum absolute atomic E-state index is 5.64. The summed E-state index contributed by atoms with van der Waals surface area (Å²) >= 11 is 0. The smallest absolute Gasteiger partial charge is 0.133 e. The van der Waals surface area contributed by atoms with Crippen molar-refractivity contribution in [3.63, 3.8) is 0 Å². The minimum atomic E-state index is -0.0596. The molecule has 0 saturated heterocycles. The van der Waals surface area contributed by atoms with E-state index in [0.717, 1.165) is 18.3 Å². The van der Waals surface area contributed by atoms with Crippen LogP contribution in [-0.2, 0) is 4.74 Å². The van der Waals surface area contributed by atoms with Crippen LogP contribution >= 0.6 is 0 Å². The minimum absolute atomic E-state index is 0.0596. The first-order valence-corrected chi connectivity index (χ1v) is 4.75. The van der Waals surface area contributed by atoms with Crippen LogP contribution in [0.4, 0.5) is 0 Å². The minimum Gasteiger partial charge on any atom is -0.467 e. The van der Waals surface area contributed by atoms with Crippen LogP contribution < -0.4 is 5.73 Å². The average Bonchev–Trinajstić information content (AvgIpc) is 2.81. The first-order valence-electron chi connectivity index (χ1n) is 4.75. The molecule has 2 N–H and O–H groups in total. The van der Waals surface area contributed by atoms with Crippen LogP contribution in [0.5, 0.6) is 0 Å². The molecule has 13 heavy (non-hydrogen) atoms.